The van der Waals surface area contributed by atoms with E-state index in [2.05, 4.69) is 10.3 Å². The molecule has 0 saturated heterocycles. The Labute approximate surface area is 94.2 Å². The molecule has 1 amide bonds. The quantitative estimate of drug-likeness (QED) is 0.617. The SMILES string of the molecule is COCCCNC(=O)Cn1ccnc1CO. The molecular formula is C10H17N3O3. The molecule has 1 rings (SSSR count). The lowest BCUT2D eigenvalue weighted by Crippen LogP contribution is -2.29. The van der Waals surface area contributed by atoms with E-state index in [0.29, 0.717) is 19.0 Å². The molecule has 1 aromatic heterocycles. The van der Waals surface area contributed by atoms with E-state index in [4.69, 9.17) is 9.84 Å². The first-order valence-corrected chi connectivity index (χ1v) is 5.14. The Morgan fingerprint density at radius 1 is 1.69 bits per heavy atom. The Bertz CT molecular complexity index is 325. The molecule has 0 atom stereocenters. The van der Waals surface area contributed by atoms with Crippen LogP contribution in [0.4, 0.5) is 0 Å². The molecule has 0 radical (unpaired) electrons. The molecule has 0 saturated carbocycles. The van der Waals surface area contributed by atoms with E-state index in [1.165, 1.54) is 0 Å². The van der Waals surface area contributed by atoms with Crippen LogP contribution in [0.1, 0.15) is 12.2 Å². The molecule has 0 fully saturated rings. The van der Waals surface area contributed by atoms with E-state index in [9.17, 15) is 4.79 Å². The van der Waals surface area contributed by atoms with Crippen LogP contribution in [0.3, 0.4) is 0 Å². The van der Waals surface area contributed by atoms with Crippen molar-refractivity contribution in [2.45, 2.75) is 19.6 Å². The monoisotopic (exact) mass is 227 g/mol. The standard InChI is InChI=1S/C10H17N3O3/c1-16-6-2-3-12-10(15)7-13-5-4-11-9(13)8-14/h4-5,14H,2-3,6-8H2,1H3,(H,12,15). The minimum Gasteiger partial charge on any atom is -0.388 e. The number of ether oxygens (including phenoxy) is 1. The molecule has 0 bridgehead atoms. The maximum atomic E-state index is 11.5. The van der Waals surface area contributed by atoms with Crippen molar-refractivity contribution in [2.75, 3.05) is 20.3 Å². The normalized spacial score (nSPS) is 10.4. The summed E-state index contributed by atoms with van der Waals surface area (Å²) in [7, 11) is 1.63. The van der Waals surface area contributed by atoms with E-state index in [1.807, 2.05) is 0 Å². The first-order chi connectivity index (χ1) is 7.77. The maximum Gasteiger partial charge on any atom is 0.239 e. The molecule has 6 heteroatoms. The number of nitrogens with one attached hydrogen (secondary N) is 1. The van der Waals surface area contributed by atoms with Gasteiger partial charge in [-0.3, -0.25) is 4.79 Å². The number of hydrogen-bond acceptors (Lipinski definition) is 4. The fourth-order valence-electron chi connectivity index (χ4n) is 1.29. The molecule has 0 aliphatic carbocycles. The Kier molecular flexibility index (Phi) is 5.52. The minimum atomic E-state index is -0.163. The first-order valence-electron chi connectivity index (χ1n) is 5.14. The van der Waals surface area contributed by atoms with Crippen molar-refractivity contribution in [3.63, 3.8) is 0 Å². The molecule has 0 unspecified atom stereocenters. The van der Waals surface area contributed by atoms with Crippen LogP contribution in [0, 0.1) is 0 Å². The number of nitrogens with zero attached hydrogens (tertiary/aromatic N) is 2. The van der Waals surface area contributed by atoms with Gasteiger partial charge in [0.25, 0.3) is 0 Å². The number of imidazole rings is 1. The number of aliphatic hydroxyl groups excluding tert-OH is 1. The van der Waals surface area contributed by atoms with Crippen LogP contribution in [0.15, 0.2) is 12.4 Å². The van der Waals surface area contributed by atoms with Gasteiger partial charge >= 0.3 is 0 Å². The number of amides is 1. The van der Waals surface area contributed by atoms with Crippen molar-refractivity contribution in [2.24, 2.45) is 0 Å². The van der Waals surface area contributed by atoms with Crippen molar-refractivity contribution in [1.29, 1.82) is 0 Å². The van der Waals surface area contributed by atoms with Crippen LogP contribution in [0.5, 0.6) is 0 Å². The fraction of sp³-hybridized carbons (Fsp3) is 0.600. The van der Waals surface area contributed by atoms with Crippen LogP contribution in [0.2, 0.25) is 0 Å². The third-order valence-corrected chi connectivity index (χ3v) is 2.10. The van der Waals surface area contributed by atoms with Gasteiger partial charge in [0.2, 0.25) is 5.91 Å². The molecule has 1 aromatic rings. The summed E-state index contributed by atoms with van der Waals surface area (Å²) in [6.07, 6.45) is 4.02. The van der Waals surface area contributed by atoms with Crippen LogP contribution < -0.4 is 5.32 Å². The highest BCUT2D eigenvalue weighted by Gasteiger charge is 2.05. The van der Waals surface area contributed by atoms with Gasteiger partial charge in [0.15, 0.2) is 0 Å². The van der Waals surface area contributed by atoms with Gasteiger partial charge < -0.3 is 19.7 Å². The number of carbonyl (C=O) groups is 1. The zero-order valence-corrected chi connectivity index (χ0v) is 9.35. The molecule has 1 heterocycles. The van der Waals surface area contributed by atoms with E-state index >= 15 is 0 Å². The van der Waals surface area contributed by atoms with Gasteiger partial charge in [0, 0.05) is 32.7 Å². The zero-order valence-electron chi connectivity index (χ0n) is 9.35. The van der Waals surface area contributed by atoms with E-state index in [-0.39, 0.29) is 19.1 Å². The second-order valence-corrected chi connectivity index (χ2v) is 3.33. The summed E-state index contributed by atoms with van der Waals surface area (Å²) in [4.78, 5) is 15.4. The van der Waals surface area contributed by atoms with Gasteiger partial charge in [-0.1, -0.05) is 0 Å². The van der Waals surface area contributed by atoms with Crippen LogP contribution >= 0.6 is 0 Å². The van der Waals surface area contributed by atoms with E-state index < -0.39 is 0 Å². The smallest absolute Gasteiger partial charge is 0.239 e. The van der Waals surface area contributed by atoms with Crippen molar-refractivity contribution in [1.82, 2.24) is 14.9 Å². The predicted molar refractivity (Wildman–Crippen MR) is 57.7 cm³/mol. The first kappa shape index (κ1) is 12.7. The highest BCUT2D eigenvalue weighted by atomic mass is 16.5. The summed E-state index contributed by atoms with van der Waals surface area (Å²) >= 11 is 0. The number of aromatic nitrogens is 2. The second kappa shape index (κ2) is 6.97. The molecule has 0 aromatic carbocycles. The van der Waals surface area contributed by atoms with Crippen molar-refractivity contribution in [3.05, 3.63) is 18.2 Å². The number of aliphatic hydroxyl groups is 1. The highest BCUT2D eigenvalue weighted by Crippen LogP contribution is 1.96. The average Bonchev–Trinajstić information content (AvgIpc) is 2.71. The van der Waals surface area contributed by atoms with Crippen LogP contribution in [-0.2, 0) is 22.7 Å². The second-order valence-electron chi connectivity index (χ2n) is 3.33. The van der Waals surface area contributed by atoms with Gasteiger partial charge in [0.1, 0.15) is 19.0 Å². The van der Waals surface area contributed by atoms with E-state index in [1.54, 1.807) is 24.1 Å². The van der Waals surface area contributed by atoms with Crippen molar-refractivity contribution < 1.29 is 14.6 Å². The molecule has 0 aliphatic rings. The lowest BCUT2D eigenvalue weighted by atomic mass is 10.4. The summed E-state index contributed by atoms with van der Waals surface area (Å²) in [6, 6.07) is 0. The Hall–Kier alpha value is -1.40. The molecule has 6 nitrogen and oxygen atoms in total. The Morgan fingerprint density at radius 2 is 2.50 bits per heavy atom. The Morgan fingerprint density at radius 3 is 3.19 bits per heavy atom. The van der Waals surface area contributed by atoms with Gasteiger partial charge in [-0.2, -0.15) is 0 Å². The summed E-state index contributed by atoms with van der Waals surface area (Å²) in [5.74, 6) is 0.399. The molecule has 16 heavy (non-hydrogen) atoms. The number of rotatable bonds is 7. The third kappa shape index (κ3) is 4.00. The summed E-state index contributed by atoms with van der Waals surface area (Å²) < 4.78 is 6.48. The molecular weight excluding hydrogens is 210 g/mol. The number of methoxy groups -OCH3 is 1. The average molecular weight is 227 g/mol. The Balaban J connectivity index is 2.28. The molecule has 0 aliphatic heterocycles. The summed E-state index contributed by atoms with van der Waals surface area (Å²) in [5, 5.41) is 11.7. The zero-order chi connectivity index (χ0) is 11.8. The fourth-order valence-corrected chi connectivity index (χ4v) is 1.29. The highest BCUT2D eigenvalue weighted by molar-refractivity contribution is 5.75. The topological polar surface area (TPSA) is 76.4 Å². The van der Waals surface area contributed by atoms with Crippen molar-refractivity contribution >= 4 is 5.91 Å². The largest absolute Gasteiger partial charge is 0.388 e. The lowest BCUT2D eigenvalue weighted by molar-refractivity contribution is -0.121. The maximum absolute atomic E-state index is 11.5. The molecule has 2 N–H and O–H groups in total. The number of carbonyl (C=O) groups excluding carboxylic acids is 1. The van der Waals surface area contributed by atoms with Crippen molar-refractivity contribution in [3.8, 4) is 0 Å². The van der Waals surface area contributed by atoms with Gasteiger partial charge in [-0.15, -0.1) is 0 Å². The predicted octanol–water partition coefficient (Wildman–Crippen LogP) is -0.472. The summed E-state index contributed by atoms with van der Waals surface area (Å²) in [6.45, 7) is 1.25. The van der Waals surface area contributed by atoms with Crippen LogP contribution in [0.25, 0.3) is 0 Å². The molecule has 90 valence electrons. The number of hydrogen-bond donors (Lipinski definition) is 2. The van der Waals surface area contributed by atoms with Gasteiger partial charge in [-0.25, -0.2) is 4.98 Å². The molecule has 0 spiro atoms. The van der Waals surface area contributed by atoms with Gasteiger partial charge in [0.05, 0.1) is 0 Å². The lowest BCUT2D eigenvalue weighted by Gasteiger charge is -2.07. The third-order valence-electron chi connectivity index (χ3n) is 2.10. The van der Waals surface area contributed by atoms with Gasteiger partial charge in [-0.05, 0) is 6.42 Å². The van der Waals surface area contributed by atoms with Crippen LogP contribution in [-0.4, -0.2) is 40.8 Å². The van der Waals surface area contributed by atoms with E-state index in [0.717, 1.165) is 6.42 Å². The minimum absolute atomic E-state index is 0.0937. The summed E-state index contributed by atoms with van der Waals surface area (Å²) in [5.41, 5.74) is 0.